The van der Waals surface area contributed by atoms with Gasteiger partial charge in [0.05, 0.1) is 11.7 Å². The maximum Gasteiger partial charge on any atom is 0.226 e. The number of rotatable bonds is 6. The second kappa shape index (κ2) is 10.7. The fourth-order valence-electron chi connectivity index (χ4n) is 4.61. The minimum absolute atomic E-state index is 0.0160. The average Bonchev–Trinajstić information content (AvgIpc) is 3.50. The van der Waals surface area contributed by atoms with Gasteiger partial charge in [0.25, 0.3) is 0 Å². The van der Waals surface area contributed by atoms with Crippen molar-refractivity contribution >= 4 is 50.5 Å². The van der Waals surface area contributed by atoms with E-state index >= 15 is 0 Å². The van der Waals surface area contributed by atoms with Gasteiger partial charge in [-0.05, 0) is 91.8 Å². The van der Waals surface area contributed by atoms with E-state index in [0.717, 1.165) is 44.2 Å². The molecule has 0 bridgehead atoms. The summed E-state index contributed by atoms with van der Waals surface area (Å²) < 4.78 is 7.48. The maximum absolute atomic E-state index is 12.3. The number of carbonyl (C=O) groups is 1. The van der Waals surface area contributed by atoms with Gasteiger partial charge in [0.1, 0.15) is 17.6 Å². The first-order valence-electron chi connectivity index (χ1n) is 12.5. The molecule has 0 radical (unpaired) electrons. The molecule has 0 spiro atoms. The Bertz CT molecular complexity index is 1500. The van der Waals surface area contributed by atoms with Gasteiger partial charge >= 0.3 is 0 Å². The summed E-state index contributed by atoms with van der Waals surface area (Å²) in [5.74, 6) is 1.42. The molecule has 2 aromatic heterocycles. The number of nitrogens with one attached hydrogen (secondary N) is 2. The molecule has 2 unspecified atom stereocenters. The molecule has 194 valence electrons. The van der Waals surface area contributed by atoms with E-state index < -0.39 is 0 Å². The van der Waals surface area contributed by atoms with E-state index in [-0.39, 0.29) is 23.9 Å². The topological polar surface area (TPSA) is 70.4 Å². The molecule has 1 aliphatic rings. The van der Waals surface area contributed by atoms with Crippen molar-refractivity contribution in [3.63, 3.8) is 0 Å². The Labute approximate surface area is 236 Å². The molecule has 0 aliphatic carbocycles. The highest BCUT2D eigenvalue weighted by Gasteiger charge is 2.42. The fraction of sp³-hybridized carbons (Fsp3) is 0.233. The molecule has 1 saturated heterocycles. The van der Waals surface area contributed by atoms with E-state index in [4.69, 9.17) is 16.6 Å². The lowest BCUT2D eigenvalue weighted by Crippen LogP contribution is -2.29. The Morgan fingerprint density at radius 3 is 2.61 bits per heavy atom. The van der Waals surface area contributed by atoms with Crippen LogP contribution in [0.5, 0.6) is 0 Å². The molecule has 1 fully saturated rings. The number of halogens is 1. The largest absolute Gasteiger partial charge is 0.459 e. The molecule has 3 heterocycles. The van der Waals surface area contributed by atoms with Gasteiger partial charge in [0.2, 0.25) is 5.91 Å². The molecule has 0 saturated carbocycles. The molecule has 2 N–H and O–H groups in total. The summed E-state index contributed by atoms with van der Waals surface area (Å²) in [4.78, 5) is 19.0. The summed E-state index contributed by atoms with van der Waals surface area (Å²) in [6, 6.07) is 21.5. The van der Waals surface area contributed by atoms with Crippen molar-refractivity contribution in [3.05, 3.63) is 100.0 Å². The highest BCUT2D eigenvalue weighted by atomic mass is 79.9. The number of anilines is 2. The second-order valence-electron chi connectivity index (χ2n) is 9.83. The van der Waals surface area contributed by atoms with Gasteiger partial charge in [0, 0.05) is 33.5 Å². The van der Waals surface area contributed by atoms with Crippen LogP contribution in [0, 0.1) is 19.8 Å². The predicted molar refractivity (Wildman–Crippen MR) is 159 cm³/mol. The standard InChI is InChI=1S/C30H29BrN4O2S/c1-17(2)29(36)33-23-11-9-20(16-19(23)4)35-28(27(34-30(35)38)24-7-5-6-14-32-24)26-13-12-25(37-26)21-10-8-18(3)15-22(21)31/h5-17,27-28H,1-4H3,(H,33,36)(H,34,38). The highest BCUT2D eigenvalue weighted by Crippen LogP contribution is 2.44. The van der Waals surface area contributed by atoms with Gasteiger partial charge in [-0.3, -0.25) is 9.78 Å². The zero-order valence-electron chi connectivity index (χ0n) is 21.7. The molecule has 5 rings (SSSR count). The number of aryl methyl sites for hydroxylation is 2. The van der Waals surface area contributed by atoms with Crippen LogP contribution >= 0.6 is 28.1 Å². The first-order chi connectivity index (χ1) is 18.2. The minimum atomic E-state index is -0.272. The SMILES string of the molecule is Cc1ccc(-c2ccc(C3C(c4ccccn4)NC(=S)N3c3ccc(NC(=O)C(C)C)c(C)c3)o2)c(Br)c1. The number of thiocarbonyl (C=S) groups is 1. The van der Waals surface area contributed by atoms with E-state index in [2.05, 4.69) is 61.6 Å². The van der Waals surface area contributed by atoms with Gasteiger partial charge in [-0.15, -0.1) is 0 Å². The van der Waals surface area contributed by atoms with Crippen LogP contribution in [0.4, 0.5) is 11.4 Å². The van der Waals surface area contributed by atoms with Gasteiger partial charge in [-0.2, -0.15) is 0 Å². The molecule has 38 heavy (non-hydrogen) atoms. The number of pyridine rings is 1. The molecule has 1 amide bonds. The molecule has 6 nitrogen and oxygen atoms in total. The summed E-state index contributed by atoms with van der Waals surface area (Å²) in [5.41, 5.74) is 5.66. The summed E-state index contributed by atoms with van der Waals surface area (Å²) in [7, 11) is 0. The van der Waals surface area contributed by atoms with Crippen molar-refractivity contribution < 1.29 is 9.21 Å². The summed E-state index contributed by atoms with van der Waals surface area (Å²) >= 11 is 9.54. The van der Waals surface area contributed by atoms with Gasteiger partial charge < -0.3 is 20.0 Å². The van der Waals surface area contributed by atoms with E-state index in [1.54, 1.807) is 6.20 Å². The van der Waals surface area contributed by atoms with E-state index in [9.17, 15) is 4.79 Å². The van der Waals surface area contributed by atoms with Crippen molar-refractivity contribution in [3.8, 4) is 11.3 Å². The van der Waals surface area contributed by atoms with Crippen LogP contribution in [0.2, 0.25) is 0 Å². The number of carbonyl (C=O) groups excluding carboxylic acids is 1. The van der Waals surface area contributed by atoms with E-state index in [0.29, 0.717) is 5.11 Å². The van der Waals surface area contributed by atoms with Gasteiger partial charge in [-0.25, -0.2) is 0 Å². The third kappa shape index (κ3) is 5.11. The Hall–Kier alpha value is -3.49. The Kier molecular flexibility index (Phi) is 7.36. The minimum Gasteiger partial charge on any atom is -0.459 e. The van der Waals surface area contributed by atoms with Gasteiger partial charge in [-0.1, -0.05) is 41.9 Å². The first-order valence-corrected chi connectivity index (χ1v) is 13.7. The molecule has 2 aromatic carbocycles. The second-order valence-corrected chi connectivity index (χ2v) is 11.1. The zero-order valence-corrected chi connectivity index (χ0v) is 24.1. The van der Waals surface area contributed by atoms with Crippen molar-refractivity contribution in [1.29, 1.82) is 0 Å². The maximum atomic E-state index is 12.3. The van der Waals surface area contributed by atoms with Gasteiger partial charge in [0.15, 0.2) is 5.11 Å². The quantitative estimate of drug-likeness (QED) is 0.227. The van der Waals surface area contributed by atoms with Crippen molar-refractivity contribution in [2.45, 2.75) is 39.8 Å². The van der Waals surface area contributed by atoms with Crippen LogP contribution in [0.3, 0.4) is 0 Å². The van der Waals surface area contributed by atoms with Crippen LogP contribution in [0.25, 0.3) is 11.3 Å². The fourth-order valence-corrected chi connectivity index (χ4v) is 5.65. The number of aromatic nitrogens is 1. The van der Waals surface area contributed by atoms with Crippen LogP contribution < -0.4 is 15.5 Å². The Morgan fingerprint density at radius 1 is 1.11 bits per heavy atom. The van der Waals surface area contributed by atoms with Crippen LogP contribution in [-0.4, -0.2) is 16.0 Å². The molecule has 1 aliphatic heterocycles. The lowest BCUT2D eigenvalue weighted by molar-refractivity contribution is -0.118. The number of furan rings is 1. The van der Waals surface area contributed by atoms with Crippen LogP contribution in [0.1, 0.15) is 48.5 Å². The third-order valence-corrected chi connectivity index (χ3v) is 7.65. The van der Waals surface area contributed by atoms with Crippen molar-refractivity contribution in [1.82, 2.24) is 10.3 Å². The monoisotopic (exact) mass is 588 g/mol. The van der Waals surface area contributed by atoms with E-state index in [1.165, 1.54) is 5.56 Å². The molecular formula is C30H29BrN4O2S. The molecule has 2 atom stereocenters. The van der Waals surface area contributed by atoms with Crippen molar-refractivity contribution in [2.75, 3.05) is 10.2 Å². The number of hydrogen-bond donors (Lipinski definition) is 2. The number of benzene rings is 2. The normalized spacial score (nSPS) is 17.1. The predicted octanol–water partition coefficient (Wildman–Crippen LogP) is 7.49. The lowest BCUT2D eigenvalue weighted by Gasteiger charge is -2.27. The van der Waals surface area contributed by atoms with E-state index in [1.807, 2.05) is 69.3 Å². The number of nitrogens with zero attached hydrogens (tertiary/aromatic N) is 2. The first kappa shape index (κ1) is 26.1. The van der Waals surface area contributed by atoms with Crippen molar-refractivity contribution in [2.24, 2.45) is 5.92 Å². The average molecular weight is 590 g/mol. The van der Waals surface area contributed by atoms with Crippen LogP contribution in [0.15, 0.2) is 81.8 Å². The van der Waals surface area contributed by atoms with Crippen LogP contribution in [-0.2, 0) is 4.79 Å². The molecule has 4 aromatic rings. The molecular weight excluding hydrogens is 560 g/mol. The summed E-state index contributed by atoms with van der Waals surface area (Å²) in [6.45, 7) is 7.80. The Morgan fingerprint density at radius 2 is 1.92 bits per heavy atom. The third-order valence-electron chi connectivity index (χ3n) is 6.68. The number of amides is 1. The Balaban J connectivity index is 1.56. The summed E-state index contributed by atoms with van der Waals surface area (Å²) in [6.07, 6.45) is 1.78. The number of hydrogen-bond acceptors (Lipinski definition) is 4. The highest BCUT2D eigenvalue weighted by molar-refractivity contribution is 9.10. The smallest absolute Gasteiger partial charge is 0.226 e. The zero-order chi connectivity index (χ0) is 27.0. The summed E-state index contributed by atoms with van der Waals surface area (Å²) in [5, 5.41) is 7.06. The lowest BCUT2D eigenvalue weighted by atomic mass is 10.0. The molecule has 8 heteroatoms.